The molecule has 102 valence electrons. The van der Waals surface area contributed by atoms with Gasteiger partial charge in [-0.3, -0.25) is 4.57 Å². The Bertz CT molecular complexity index is 587. The van der Waals surface area contributed by atoms with Crippen molar-refractivity contribution in [3.63, 3.8) is 0 Å². The molecule has 3 unspecified atom stereocenters. The first-order valence-corrected chi connectivity index (χ1v) is 5.90. The van der Waals surface area contributed by atoms with Gasteiger partial charge in [0.05, 0.1) is 26.1 Å². The summed E-state index contributed by atoms with van der Waals surface area (Å²) < 4.78 is 12.4. The number of ether oxygens (including phenoxy) is 2. The Morgan fingerprint density at radius 1 is 1.47 bits per heavy atom. The quantitative estimate of drug-likeness (QED) is 0.770. The van der Waals surface area contributed by atoms with E-state index in [1.807, 2.05) is 0 Å². The third-order valence-corrected chi connectivity index (χ3v) is 3.21. The van der Waals surface area contributed by atoms with Gasteiger partial charge in [0.2, 0.25) is 5.88 Å². The number of aliphatic hydroxyl groups is 2. The van der Waals surface area contributed by atoms with Crippen LogP contribution in [0.25, 0.3) is 11.2 Å². The lowest BCUT2D eigenvalue weighted by Gasteiger charge is -2.13. The summed E-state index contributed by atoms with van der Waals surface area (Å²) in [6, 6.07) is 0. The normalized spacial score (nSPS) is 27.0. The number of imidazole rings is 1. The zero-order valence-corrected chi connectivity index (χ0v) is 10.3. The minimum absolute atomic E-state index is 0.220. The maximum absolute atomic E-state index is 9.75. The monoisotopic (exact) mass is 266 g/mol. The Morgan fingerprint density at radius 2 is 2.32 bits per heavy atom. The lowest BCUT2D eigenvalue weighted by Crippen LogP contribution is -2.24. The van der Waals surface area contributed by atoms with Crippen LogP contribution in [0, 0.1) is 0 Å². The summed E-state index contributed by atoms with van der Waals surface area (Å²) in [5.41, 5.74) is 1.11. The first-order chi connectivity index (χ1) is 9.24. The molecule has 2 aromatic rings. The highest BCUT2D eigenvalue weighted by molar-refractivity contribution is 5.75. The van der Waals surface area contributed by atoms with E-state index in [1.165, 1.54) is 13.4 Å². The molecule has 8 heteroatoms. The van der Waals surface area contributed by atoms with Gasteiger partial charge in [-0.05, 0) is 0 Å². The zero-order chi connectivity index (χ0) is 13.4. The molecule has 0 spiro atoms. The highest BCUT2D eigenvalue weighted by Gasteiger charge is 2.35. The van der Waals surface area contributed by atoms with Crippen LogP contribution in [0.5, 0.6) is 5.88 Å². The van der Waals surface area contributed by atoms with Crippen LogP contribution in [0.3, 0.4) is 0 Å². The molecule has 0 bridgehead atoms. The van der Waals surface area contributed by atoms with Crippen molar-refractivity contribution in [2.75, 3.05) is 13.7 Å². The van der Waals surface area contributed by atoms with Crippen LogP contribution in [-0.4, -0.2) is 55.7 Å². The van der Waals surface area contributed by atoms with Crippen LogP contribution in [0.1, 0.15) is 12.6 Å². The minimum Gasteiger partial charge on any atom is -0.479 e. The number of hydrogen-bond acceptors (Lipinski definition) is 7. The van der Waals surface area contributed by atoms with Crippen LogP contribution < -0.4 is 4.74 Å². The van der Waals surface area contributed by atoms with Crippen LogP contribution in [0.2, 0.25) is 0 Å². The van der Waals surface area contributed by atoms with Crippen LogP contribution in [0.15, 0.2) is 12.7 Å². The second kappa shape index (κ2) is 4.72. The van der Waals surface area contributed by atoms with Gasteiger partial charge in [-0.15, -0.1) is 0 Å². The molecule has 3 heterocycles. The summed E-state index contributed by atoms with van der Waals surface area (Å²) in [4.78, 5) is 12.3. The number of aliphatic hydroxyl groups excluding tert-OH is 2. The molecule has 1 aliphatic rings. The minimum atomic E-state index is -0.698. The topological polar surface area (TPSA) is 103 Å². The van der Waals surface area contributed by atoms with Gasteiger partial charge < -0.3 is 19.7 Å². The van der Waals surface area contributed by atoms with Gasteiger partial charge >= 0.3 is 0 Å². The van der Waals surface area contributed by atoms with Gasteiger partial charge in [0.25, 0.3) is 0 Å². The van der Waals surface area contributed by atoms with E-state index in [9.17, 15) is 5.11 Å². The number of methoxy groups -OCH3 is 1. The molecular formula is C11H14N4O4. The Hall–Kier alpha value is -1.77. The first kappa shape index (κ1) is 12.3. The molecule has 2 aromatic heterocycles. The fraction of sp³-hybridized carbons (Fsp3) is 0.545. The average molecular weight is 266 g/mol. The van der Waals surface area contributed by atoms with Gasteiger partial charge in [0, 0.05) is 6.42 Å². The Balaban J connectivity index is 1.98. The predicted molar refractivity (Wildman–Crippen MR) is 63.5 cm³/mol. The second-order valence-corrected chi connectivity index (χ2v) is 4.32. The smallest absolute Gasteiger partial charge is 0.245 e. The van der Waals surface area contributed by atoms with E-state index in [0.29, 0.717) is 23.5 Å². The highest BCUT2D eigenvalue weighted by Crippen LogP contribution is 2.31. The highest BCUT2D eigenvalue weighted by atomic mass is 16.5. The van der Waals surface area contributed by atoms with Crippen molar-refractivity contribution in [3.05, 3.63) is 12.7 Å². The standard InChI is InChI=1S/C11H14N4O4/c1-18-11-9-10(12-4-13-11)15(5-14-9)8-2-6(17)7(3-16)19-8/h4-8,16-17H,2-3H2,1H3. The molecular weight excluding hydrogens is 252 g/mol. The predicted octanol–water partition coefficient (Wildman–Crippen LogP) is -0.524. The lowest BCUT2D eigenvalue weighted by atomic mass is 10.2. The van der Waals surface area contributed by atoms with E-state index in [1.54, 1.807) is 10.9 Å². The maximum atomic E-state index is 9.75. The molecule has 0 amide bonds. The van der Waals surface area contributed by atoms with E-state index >= 15 is 0 Å². The number of aromatic nitrogens is 4. The molecule has 8 nitrogen and oxygen atoms in total. The molecule has 1 aliphatic heterocycles. The zero-order valence-electron chi connectivity index (χ0n) is 10.3. The third-order valence-electron chi connectivity index (χ3n) is 3.21. The molecule has 0 saturated carbocycles. The van der Waals surface area contributed by atoms with E-state index in [4.69, 9.17) is 14.6 Å². The molecule has 0 aliphatic carbocycles. The van der Waals surface area contributed by atoms with E-state index in [2.05, 4.69) is 15.0 Å². The fourth-order valence-electron chi connectivity index (χ4n) is 2.24. The van der Waals surface area contributed by atoms with Gasteiger partial charge in [-0.1, -0.05) is 0 Å². The fourth-order valence-corrected chi connectivity index (χ4v) is 2.24. The van der Waals surface area contributed by atoms with Crippen LogP contribution >= 0.6 is 0 Å². The number of fused-ring (bicyclic) bond motifs is 1. The van der Waals surface area contributed by atoms with E-state index in [0.717, 1.165) is 0 Å². The van der Waals surface area contributed by atoms with Crippen molar-refractivity contribution in [1.82, 2.24) is 19.5 Å². The van der Waals surface area contributed by atoms with Crippen LogP contribution in [0.4, 0.5) is 0 Å². The SMILES string of the molecule is COc1ncnc2c1ncn2C1CC(O)C(CO)O1. The molecule has 2 N–H and O–H groups in total. The summed E-state index contributed by atoms with van der Waals surface area (Å²) in [5.74, 6) is 0.390. The first-order valence-electron chi connectivity index (χ1n) is 5.90. The van der Waals surface area contributed by atoms with Crippen molar-refractivity contribution < 1.29 is 19.7 Å². The summed E-state index contributed by atoms with van der Waals surface area (Å²) >= 11 is 0. The average Bonchev–Trinajstić information content (AvgIpc) is 3.01. The Labute approximate surface area is 108 Å². The van der Waals surface area contributed by atoms with Crippen molar-refractivity contribution in [1.29, 1.82) is 0 Å². The molecule has 3 rings (SSSR count). The van der Waals surface area contributed by atoms with Crippen molar-refractivity contribution in [2.45, 2.75) is 24.9 Å². The Morgan fingerprint density at radius 3 is 3.00 bits per heavy atom. The largest absolute Gasteiger partial charge is 0.479 e. The molecule has 3 atom stereocenters. The summed E-state index contributed by atoms with van der Waals surface area (Å²) in [6.07, 6.45) is 1.65. The molecule has 1 fully saturated rings. The van der Waals surface area contributed by atoms with E-state index in [-0.39, 0.29) is 6.61 Å². The van der Waals surface area contributed by atoms with Crippen LogP contribution in [-0.2, 0) is 4.74 Å². The second-order valence-electron chi connectivity index (χ2n) is 4.32. The number of rotatable bonds is 3. The van der Waals surface area contributed by atoms with Gasteiger partial charge in [0.1, 0.15) is 18.7 Å². The third kappa shape index (κ3) is 1.93. The van der Waals surface area contributed by atoms with Crippen molar-refractivity contribution in [3.8, 4) is 5.88 Å². The lowest BCUT2D eigenvalue weighted by molar-refractivity contribution is -0.0432. The summed E-state index contributed by atoms with van der Waals surface area (Å²) in [6.45, 7) is -0.220. The summed E-state index contributed by atoms with van der Waals surface area (Å²) in [7, 11) is 1.51. The van der Waals surface area contributed by atoms with Crippen molar-refractivity contribution in [2.24, 2.45) is 0 Å². The number of nitrogens with zero attached hydrogens (tertiary/aromatic N) is 4. The number of hydrogen-bond donors (Lipinski definition) is 2. The van der Waals surface area contributed by atoms with Gasteiger partial charge in [-0.2, -0.15) is 4.98 Å². The van der Waals surface area contributed by atoms with Gasteiger partial charge in [-0.25, -0.2) is 9.97 Å². The summed E-state index contributed by atoms with van der Waals surface area (Å²) in [5, 5.41) is 18.8. The van der Waals surface area contributed by atoms with Gasteiger partial charge in [0.15, 0.2) is 11.2 Å². The van der Waals surface area contributed by atoms with E-state index < -0.39 is 18.4 Å². The molecule has 0 aromatic carbocycles. The molecule has 19 heavy (non-hydrogen) atoms. The maximum Gasteiger partial charge on any atom is 0.245 e. The molecule has 1 saturated heterocycles. The Kier molecular flexibility index (Phi) is 3.05. The van der Waals surface area contributed by atoms with Crippen molar-refractivity contribution >= 4 is 11.2 Å². The molecule has 0 radical (unpaired) electrons.